The van der Waals surface area contributed by atoms with Crippen molar-refractivity contribution in [2.24, 2.45) is 0 Å². The molecule has 3 heteroatoms. The molecule has 0 saturated heterocycles. The van der Waals surface area contributed by atoms with Gasteiger partial charge in [0.15, 0.2) is 0 Å². The van der Waals surface area contributed by atoms with Crippen molar-refractivity contribution in [3.63, 3.8) is 0 Å². The molecule has 0 aromatic carbocycles. The molecule has 0 aliphatic rings. The zero-order valence-electron chi connectivity index (χ0n) is 5.02. The van der Waals surface area contributed by atoms with Crippen LogP contribution in [0.1, 0.15) is 12.8 Å². The molecular formula is C5H11IO2. The quantitative estimate of drug-likeness (QED) is 0.529. The maximum atomic E-state index is 4.83. The molecule has 0 spiro atoms. The van der Waals surface area contributed by atoms with E-state index in [1.807, 2.05) is 23.0 Å². The smallest absolute Gasteiger partial charge is 0.109 e. The van der Waals surface area contributed by atoms with Crippen LogP contribution in [0, 0.1) is 0 Å². The fourth-order valence-corrected chi connectivity index (χ4v) is 0.714. The van der Waals surface area contributed by atoms with Crippen LogP contribution in [-0.2, 0) is 7.80 Å². The summed E-state index contributed by atoms with van der Waals surface area (Å²) in [4.78, 5) is 0. The molecule has 0 amide bonds. The summed E-state index contributed by atoms with van der Waals surface area (Å²) in [5.74, 6) is 0. The van der Waals surface area contributed by atoms with Gasteiger partial charge in [-0.25, -0.2) is 0 Å². The SMILES string of the molecule is COCCCCOI. The minimum Gasteiger partial charge on any atom is -0.385 e. The molecule has 0 radical (unpaired) electrons. The Kier molecular flexibility index (Phi) is 8.27. The van der Waals surface area contributed by atoms with Crippen LogP contribution in [0.25, 0.3) is 0 Å². The summed E-state index contributed by atoms with van der Waals surface area (Å²) in [5, 5.41) is 0. The minimum atomic E-state index is 0.837. The average Bonchev–Trinajstić information content (AvgIpc) is 1.81. The average molecular weight is 230 g/mol. The Labute approximate surface area is 64.2 Å². The number of hydrogen-bond acceptors (Lipinski definition) is 2. The van der Waals surface area contributed by atoms with Crippen molar-refractivity contribution >= 4 is 23.0 Å². The molecule has 0 aromatic rings. The van der Waals surface area contributed by atoms with Crippen LogP contribution in [0.15, 0.2) is 0 Å². The highest BCUT2D eigenvalue weighted by Gasteiger charge is 1.84. The van der Waals surface area contributed by atoms with Gasteiger partial charge in [-0.2, -0.15) is 0 Å². The second-order valence-corrected chi connectivity index (χ2v) is 2.14. The normalized spacial score (nSPS) is 9.75. The first-order valence-electron chi connectivity index (χ1n) is 2.64. The maximum absolute atomic E-state index is 4.83. The minimum absolute atomic E-state index is 0.837. The molecule has 8 heavy (non-hydrogen) atoms. The topological polar surface area (TPSA) is 18.5 Å². The van der Waals surface area contributed by atoms with E-state index < -0.39 is 0 Å². The molecular weight excluding hydrogens is 219 g/mol. The van der Waals surface area contributed by atoms with Gasteiger partial charge >= 0.3 is 0 Å². The number of methoxy groups -OCH3 is 1. The zero-order chi connectivity index (χ0) is 6.24. The molecule has 0 fully saturated rings. The van der Waals surface area contributed by atoms with Gasteiger partial charge in [0, 0.05) is 13.7 Å². The van der Waals surface area contributed by atoms with Crippen molar-refractivity contribution in [1.29, 1.82) is 0 Å². The van der Waals surface area contributed by atoms with E-state index in [4.69, 9.17) is 7.80 Å². The molecule has 0 unspecified atom stereocenters. The van der Waals surface area contributed by atoms with E-state index in [-0.39, 0.29) is 0 Å². The van der Waals surface area contributed by atoms with Crippen LogP contribution in [0.5, 0.6) is 0 Å². The van der Waals surface area contributed by atoms with E-state index in [1.54, 1.807) is 7.11 Å². The van der Waals surface area contributed by atoms with E-state index in [1.165, 1.54) is 0 Å². The first-order chi connectivity index (χ1) is 3.91. The van der Waals surface area contributed by atoms with Gasteiger partial charge in [-0.3, -0.25) is 0 Å². The first kappa shape index (κ1) is 8.65. The Balaban J connectivity index is 2.53. The summed E-state index contributed by atoms with van der Waals surface area (Å²) in [5.41, 5.74) is 0. The van der Waals surface area contributed by atoms with Gasteiger partial charge in [-0.1, -0.05) is 0 Å². The number of hydrogen-bond donors (Lipinski definition) is 0. The molecule has 0 aliphatic heterocycles. The van der Waals surface area contributed by atoms with Gasteiger partial charge in [-0.05, 0) is 12.8 Å². The summed E-state index contributed by atoms with van der Waals surface area (Å²) >= 11 is 1.90. The third-order valence-corrected chi connectivity index (χ3v) is 1.26. The summed E-state index contributed by atoms with van der Waals surface area (Å²) in [6.45, 7) is 1.68. The van der Waals surface area contributed by atoms with Crippen molar-refractivity contribution in [3.05, 3.63) is 0 Å². The fraction of sp³-hybridized carbons (Fsp3) is 1.00. The third-order valence-electron chi connectivity index (χ3n) is 0.820. The second-order valence-electron chi connectivity index (χ2n) is 1.51. The lowest BCUT2D eigenvalue weighted by Gasteiger charge is -1.95. The predicted molar refractivity (Wildman–Crippen MR) is 41.1 cm³/mol. The third kappa shape index (κ3) is 6.65. The molecule has 0 bridgehead atoms. The number of halogens is 1. The van der Waals surface area contributed by atoms with Crippen molar-refractivity contribution in [1.82, 2.24) is 0 Å². The highest BCUT2D eigenvalue weighted by Crippen LogP contribution is 1.93. The molecule has 0 N–H and O–H groups in total. The van der Waals surface area contributed by atoms with Gasteiger partial charge < -0.3 is 7.80 Å². The van der Waals surface area contributed by atoms with Gasteiger partial charge in [0.25, 0.3) is 0 Å². The van der Waals surface area contributed by atoms with Crippen molar-refractivity contribution in [3.8, 4) is 0 Å². The Morgan fingerprint density at radius 2 is 1.88 bits per heavy atom. The van der Waals surface area contributed by atoms with Crippen molar-refractivity contribution in [2.75, 3.05) is 20.3 Å². The lowest BCUT2D eigenvalue weighted by Crippen LogP contribution is -1.90. The molecule has 0 saturated carbocycles. The highest BCUT2D eigenvalue weighted by atomic mass is 127. The summed E-state index contributed by atoms with van der Waals surface area (Å²) in [6, 6.07) is 0. The molecule has 0 aliphatic carbocycles. The van der Waals surface area contributed by atoms with Crippen molar-refractivity contribution in [2.45, 2.75) is 12.8 Å². The van der Waals surface area contributed by atoms with E-state index in [0.717, 1.165) is 26.1 Å². The summed E-state index contributed by atoms with van der Waals surface area (Å²) < 4.78 is 9.63. The Bertz CT molecular complexity index is 35.4. The first-order valence-corrected chi connectivity index (χ1v) is 3.52. The maximum Gasteiger partial charge on any atom is 0.109 e. The molecule has 0 rings (SSSR count). The molecule has 2 nitrogen and oxygen atoms in total. The summed E-state index contributed by atoms with van der Waals surface area (Å²) in [6.07, 6.45) is 2.19. The Morgan fingerprint density at radius 3 is 2.38 bits per heavy atom. The van der Waals surface area contributed by atoms with Gasteiger partial charge in [0.05, 0.1) is 6.61 Å². The zero-order valence-corrected chi connectivity index (χ0v) is 7.18. The van der Waals surface area contributed by atoms with Crippen LogP contribution in [0.2, 0.25) is 0 Å². The van der Waals surface area contributed by atoms with E-state index in [0.29, 0.717) is 0 Å². The number of ether oxygens (including phenoxy) is 1. The summed E-state index contributed by atoms with van der Waals surface area (Å²) in [7, 11) is 1.71. The predicted octanol–water partition coefficient (Wildman–Crippen LogP) is 1.78. The van der Waals surface area contributed by atoms with Crippen LogP contribution in [-0.4, -0.2) is 20.3 Å². The lowest BCUT2D eigenvalue weighted by molar-refractivity contribution is 0.188. The van der Waals surface area contributed by atoms with Crippen LogP contribution < -0.4 is 0 Å². The van der Waals surface area contributed by atoms with Gasteiger partial charge in [0.1, 0.15) is 23.0 Å². The number of rotatable bonds is 5. The fourth-order valence-electron chi connectivity index (χ4n) is 0.403. The molecule has 50 valence electrons. The van der Waals surface area contributed by atoms with Crippen LogP contribution in [0.3, 0.4) is 0 Å². The van der Waals surface area contributed by atoms with Gasteiger partial charge in [-0.15, -0.1) is 0 Å². The lowest BCUT2D eigenvalue weighted by atomic mass is 10.3. The Morgan fingerprint density at radius 1 is 1.25 bits per heavy atom. The van der Waals surface area contributed by atoms with E-state index in [9.17, 15) is 0 Å². The van der Waals surface area contributed by atoms with Crippen LogP contribution >= 0.6 is 23.0 Å². The molecule has 0 heterocycles. The van der Waals surface area contributed by atoms with Crippen molar-refractivity contribution < 1.29 is 7.80 Å². The standard InChI is InChI=1S/C5H11IO2/c1-7-4-2-3-5-8-6/h2-5H2,1H3. The van der Waals surface area contributed by atoms with Crippen LogP contribution in [0.4, 0.5) is 0 Å². The van der Waals surface area contributed by atoms with E-state index in [2.05, 4.69) is 0 Å². The monoisotopic (exact) mass is 230 g/mol. The molecule has 0 aromatic heterocycles. The number of unbranched alkanes of at least 4 members (excludes halogenated alkanes) is 1. The second kappa shape index (κ2) is 7.65. The molecule has 0 atom stereocenters. The largest absolute Gasteiger partial charge is 0.385 e. The Hall–Kier alpha value is 0.650. The van der Waals surface area contributed by atoms with Gasteiger partial charge in [0.2, 0.25) is 0 Å². The highest BCUT2D eigenvalue weighted by molar-refractivity contribution is 14.1. The van der Waals surface area contributed by atoms with E-state index >= 15 is 0 Å².